The van der Waals surface area contributed by atoms with Gasteiger partial charge in [0.15, 0.2) is 11.5 Å². The number of aromatic nitrogens is 4. The molecule has 1 aliphatic heterocycles. The molecule has 1 atom stereocenters. The van der Waals surface area contributed by atoms with Crippen LogP contribution < -0.4 is 10.2 Å². The maximum absolute atomic E-state index is 5.63. The molecule has 2 aromatic rings. The average Bonchev–Trinajstić information content (AvgIpc) is 3.20. The van der Waals surface area contributed by atoms with Crippen LogP contribution in [-0.4, -0.2) is 58.3 Å². The minimum absolute atomic E-state index is 0.311. The predicted molar refractivity (Wildman–Crippen MR) is 74.7 cm³/mol. The van der Waals surface area contributed by atoms with E-state index in [2.05, 4.69) is 30.2 Å². The zero-order chi connectivity index (χ0) is 13.4. The molecule has 4 rings (SSSR count). The number of ether oxygens (including phenoxy) is 1. The second-order valence-corrected chi connectivity index (χ2v) is 5.40. The Morgan fingerprint density at radius 1 is 1.35 bits per heavy atom. The van der Waals surface area contributed by atoms with E-state index in [0.29, 0.717) is 12.1 Å². The van der Waals surface area contributed by atoms with Gasteiger partial charge in [-0.15, -0.1) is 0 Å². The molecule has 106 valence electrons. The molecule has 1 saturated heterocycles. The summed E-state index contributed by atoms with van der Waals surface area (Å²) in [6.07, 6.45) is 5.85. The average molecular weight is 274 g/mol. The molecular weight excluding hydrogens is 256 g/mol. The first kappa shape index (κ1) is 12.0. The number of fused-ring (bicyclic) bond motifs is 1. The van der Waals surface area contributed by atoms with Gasteiger partial charge in [-0.1, -0.05) is 0 Å². The molecule has 1 aliphatic carbocycles. The summed E-state index contributed by atoms with van der Waals surface area (Å²) in [7, 11) is 0. The zero-order valence-corrected chi connectivity index (χ0v) is 11.2. The van der Waals surface area contributed by atoms with Gasteiger partial charge in [-0.25, -0.2) is 15.0 Å². The monoisotopic (exact) mass is 274 g/mol. The van der Waals surface area contributed by atoms with Crippen LogP contribution in [0.2, 0.25) is 0 Å². The Kier molecular flexibility index (Phi) is 3.00. The molecule has 20 heavy (non-hydrogen) atoms. The molecule has 2 N–H and O–H groups in total. The first-order valence-corrected chi connectivity index (χ1v) is 7.13. The molecule has 0 radical (unpaired) electrons. The summed E-state index contributed by atoms with van der Waals surface area (Å²) in [5.41, 5.74) is 1.63. The quantitative estimate of drug-likeness (QED) is 0.835. The number of hydrogen-bond acceptors (Lipinski definition) is 6. The summed E-state index contributed by atoms with van der Waals surface area (Å²) in [5.74, 6) is 0.929. The summed E-state index contributed by atoms with van der Waals surface area (Å²) in [4.78, 5) is 18.3. The summed E-state index contributed by atoms with van der Waals surface area (Å²) in [5, 5.41) is 3.58. The summed E-state index contributed by atoms with van der Waals surface area (Å²) in [6.45, 7) is 3.26. The Morgan fingerprint density at radius 2 is 2.30 bits per heavy atom. The van der Waals surface area contributed by atoms with E-state index >= 15 is 0 Å². The van der Waals surface area contributed by atoms with Crippen LogP contribution in [0.3, 0.4) is 0 Å². The van der Waals surface area contributed by atoms with Gasteiger partial charge >= 0.3 is 0 Å². The maximum atomic E-state index is 5.63. The molecule has 7 heteroatoms. The highest BCUT2D eigenvalue weighted by molar-refractivity contribution is 5.82. The molecule has 0 bridgehead atoms. The molecule has 7 nitrogen and oxygen atoms in total. The Labute approximate surface area is 116 Å². The fourth-order valence-electron chi connectivity index (χ4n) is 2.66. The molecule has 3 heterocycles. The van der Waals surface area contributed by atoms with Gasteiger partial charge in [0, 0.05) is 19.1 Å². The van der Waals surface area contributed by atoms with E-state index in [4.69, 9.17) is 4.74 Å². The molecule has 2 aromatic heterocycles. The number of rotatable bonds is 4. The van der Waals surface area contributed by atoms with Gasteiger partial charge in [0.25, 0.3) is 0 Å². The van der Waals surface area contributed by atoms with Crippen molar-refractivity contribution >= 4 is 17.0 Å². The number of hydrogen-bond donors (Lipinski definition) is 2. The lowest BCUT2D eigenvalue weighted by Gasteiger charge is -2.36. The third-order valence-electron chi connectivity index (χ3n) is 3.92. The normalized spacial score (nSPS) is 23.4. The largest absolute Gasteiger partial charge is 0.377 e. The first-order chi connectivity index (χ1) is 9.92. The van der Waals surface area contributed by atoms with Crippen molar-refractivity contribution in [1.29, 1.82) is 0 Å². The van der Waals surface area contributed by atoms with Crippen LogP contribution in [0, 0.1) is 0 Å². The number of aromatic amines is 1. The van der Waals surface area contributed by atoms with Gasteiger partial charge in [0.2, 0.25) is 0 Å². The molecule has 0 aromatic carbocycles. The fourth-order valence-corrected chi connectivity index (χ4v) is 2.66. The van der Waals surface area contributed by atoms with Crippen LogP contribution in [0.5, 0.6) is 0 Å². The van der Waals surface area contributed by atoms with Crippen LogP contribution in [0.15, 0.2) is 12.7 Å². The Hall–Kier alpha value is -1.73. The van der Waals surface area contributed by atoms with Crippen molar-refractivity contribution in [1.82, 2.24) is 25.3 Å². The van der Waals surface area contributed by atoms with Crippen LogP contribution >= 0.6 is 0 Å². The van der Waals surface area contributed by atoms with Crippen molar-refractivity contribution in [2.75, 3.05) is 31.2 Å². The lowest BCUT2D eigenvalue weighted by molar-refractivity contribution is 0.0934. The van der Waals surface area contributed by atoms with Crippen molar-refractivity contribution in [3.05, 3.63) is 12.7 Å². The fraction of sp³-hybridized carbons (Fsp3) is 0.615. The Balaban J connectivity index is 1.61. The van der Waals surface area contributed by atoms with Gasteiger partial charge in [0.05, 0.1) is 25.6 Å². The number of nitrogens with one attached hydrogen (secondary N) is 2. The van der Waals surface area contributed by atoms with Gasteiger partial charge < -0.3 is 19.9 Å². The van der Waals surface area contributed by atoms with Crippen molar-refractivity contribution < 1.29 is 4.74 Å². The van der Waals surface area contributed by atoms with E-state index in [1.807, 2.05) is 0 Å². The summed E-state index contributed by atoms with van der Waals surface area (Å²) in [6, 6.07) is 1.02. The third-order valence-corrected chi connectivity index (χ3v) is 3.92. The van der Waals surface area contributed by atoms with Crippen LogP contribution in [0.25, 0.3) is 11.2 Å². The van der Waals surface area contributed by atoms with E-state index < -0.39 is 0 Å². The highest BCUT2D eigenvalue weighted by Crippen LogP contribution is 2.24. The highest BCUT2D eigenvalue weighted by atomic mass is 16.5. The molecule has 2 fully saturated rings. The number of morpholine rings is 1. The predicted octanol–water partition coefficient (Wildman–Crippen LogP) is 0.310. The summed E-state index contributed by atoms with van der Waals surface area (Å²) < 4.78 is 5.63. The molecule has 0 spiro atoms. The minimum atomic E-state index is 0.311. The van der Waals surface area contributed by atoms with E-state index in [-0.39, 0.29) is 0 Å². The van der Waals surface area contributed by atoms with Crippen molar-refractivity contribution in [3.63, 3.8) is 0 Å². The number of anilines is 1. The Morgan fingerprint density at radius 3 is 3.20 bits per heavy atom. The SMILES string of the molecule is c1nc(N2CCOCC2CNC2CC2)c2[nH]cnc2n1. The smallest absolute Gasteiger partial charge is 0.182 e. The lowest BCUT2D eigenvalue weighted by atomic mass is 10.2. The van der Waals surface area contributed by atoms with Gasteiger partial charge in [0.1, 0.15) is 11.8 Å². The number of imidazole rings is 1. The Bertz CT molecular complexity index is 595. The topological polar surface area (TPSA) is 79.0 Å². The second kappa shape index (κ2) is 4.99. The van der Waals surface area contributed by atoms with Crippen molar-refractivity contribution in [3.8, 4) is 0 Å². The van der Waals surface area contributed by atoms with Crippen LogP contribution in [-0.2, 0) is 4.74 Å². The van der Waals surface area contributed by atoms with Gasteiger partial charge in [-0.2, -0.15) is 0 Å². The zero-order valence-electron chi connectivity index (χ0n) is 11.2. The number of nitrogens with zero attached hydrogens (tertiary/aromatic N) is 4. The lowest BCUT2D eigenvalue weighted by Crippen LogP contribution is -2.51. The van der Waals surface area contributed by atoms with Crippen molar-refractivity contribution in [2.45, 2.75) is 24.9 Å². The van der Waals surface area contributed by atoms with Crippen molar-refractivity contribution in [2.24, 2.45) is 0 Å². The van der Waals surface area contributed by atoms with E-state index in [1.54, 1.807) is 12.7 Å². The van der Waals surface area contributed by atoms with E-state index in [1.165, 1.54) is 12.8 Å². The van der Waals surface area contributed by atoms with E-state index in [0.717, 1.165) is 43.3 Å². The minimum Gasteiger partial charge on any atom is -0.377 e. The van der Waals surface area contributed by atoms with Crippen LogP contribution in [0.1, 0.15) is 12.8 Å². The molecule has 1 saturated carbocycles. The highest BCUT2D eigenvalue weighted by Gasteiger charge is 2.28. The molecular formula is C13H18N6O. The number of H-pyrrole nitrogens is 1. The molecule has 0 amide bonds. The third kappa shape index (κ3) is 2.23. The summed E-state index contributed by atoms with van der Waals surface area (Å²) >= 11 is 0. The molecule has 2 aliphatic rings. The van der Waals surface area contributed by atoms with Crippen LogP contribution in [0.4, 0.5) is 5.82 Å². The molecule has 1 unspecified atom stereocenters. The van der Waals surface area contributed by atoms with Gasteiger partial charge in [-0.05, 0) is 12.8 Å². The first-order valence-electron chi connectivity index (χ1n) is 7.13. The van der Waals surface area contributed by atoms with E-state index in [9.17, 15) is 0 Å². The second-order valence-electron chi connectivity index (χ2n) is 5.40. The standard InChI is InChI=1S/C13H18N6O/c1-2-9(1)14-5-10-6-20-4-3-19(10)13-11-12(16-7-15-11)17-8-18-13/h7-10,14H,1-6H2,(H,15,16,17,18). The maximum Gasteiger partial charge on any atom is 0.182 e. The van der Waals surface area contributed by atoms with Gasteiger partial charge in [-0.3, -0.25) is 0 Å².